The van der Waals surface area contributed by atoms with Crippen LogP contribution < -0.4 is 34.0 Å². The van der Waals surface area contributed by atoms with Gasteiger partial charge in [-0.25, -0.2) is 0 Å². The molecule has 9 heteroatoms. The van der Waals surface area contributed by atoms with E-state index in [1.54, 1.807) is 0 Å². The minimum absolute atomic E-state index is 0.0729. The molecule has 4 aromatic carbocycles. The van der Waals surface area contributed by atoms with E-state index < -0.39 is 0 Å². The van der Waals surface area contributed by atoms with Crippen LogP contribution in [-0.4, -0.2) is 17.1 Å². The molecular formula is C27H22Cl2I2N5-. The van der Waals surface area contributed by atoms with E-state index in [9.17, 15) is 0 Å². The van der Waals surface area contributed by atoms with Crippen LogP contribution >= 0.6 is 41.8 Å². The molecule has 0 atom stereocenters. The summed E-state index contributed by atoms with van der Waals surface area (Å²) in [5.74, 6) is 0.0982. The Morgan fingerprint density at radius 2 is 1.67 bits per heavy atom. The molecule has 5 nitrogen and oxygen atoms in total. The van der Waals surface area contributed by atoms with Crippen molar-refractivity contribution in [1.29, 1.82) is 0 Å². The van der Waals surface area contributed by atoms with Gasteiger partial charge < -0.3 is 0 Å². The third-order valence-corrected chi connectivity index (χ3v) is 11.0. The summed E-state index contributed by atoms with van der Waals surface area (Å²) in [6.07, 6.45) is 0. The predicted octanol–water partition coefficient (Wildman–Crippen LogP) is 4.39. The Morgan fingerprint density at radius 1 is 0.889 bits per heavy atom. The number of halogens is 4. The SMILES string of the molecule is NC(N)=NCCn1c2ccc([I-]I)cc2c2cc(-c3ccc(Cl)c(Cl)c3)c(Nc3ccccc3)cc21. The maximum absolute atomic E-state index is 6.43. The molecule has 0 saturated heterocycles. The Bertz CT molecular complexity index is 1600. The second-order valence-corrected chi connectivity index (χ2v) is 13.4. The first-order valence-corrected chi connectivity index (χ1v) is 19.3. The summed E-state index contributed by atoms with van der Waals surface area (Å²) in [6.45, 7) is 1.16. The van der Waals surface area contributed by atoms with Crippen LogP contribution in [0.15, 0.2) is 83.9 Å². The quantitative estimate of drug-likeness (QED) is 0.132. The first-order valence-electron chi connectivity index (χ1n) is 11.1. The molecule has 0 spiro atoms. The summed E-state index contributed by atoms with van der Waals surface area (Å²) in [5, 5.41) is 7.06. The van der Waals surface area contributed by atoms with Crippen LogP contribution in [0.5, 0.6) is 0 Å². The fourth-order valence-electron chi connectivity index (χ4n) is 4.36. The molecule has 0 amide bonds. The molecule has 0 aliphatic carbocycles. The van der Waals surface area contributed by atoms with E-state index >= 15 is 0 Å². The summed E-state index contributed by atoms with van der Waals surface area (Å²) in [4.78, 5) is 4.23. The van der Waals surface area contributed by atoms with Gasteiger partial charge in [0.25, 0.3) is 0 Å². The molecule has 0 saturated carbocycles. The van der Waals surface area contributed by atoms with E-state index in [1.807, 2.05) is 48.5 Å². The van der Waals surface area contributed by atoms with Gasteiger partial charge in [-0.05, 0) is 0 Å². The molecule has 0 radical (unpaired) electrons. The number of aromatic nitrogens is 1. The zero-order valence-corrected chi connectivity index (χ0v) is 24.8. The second-order valence-electron chi connectivity index (χ2n) is 8.23. The van der Waals surface area contributed by atoms with Gasteiger partial charge >= 0.3 is 241 Å². The molecule has 5 rings (SSSR count). The standard InChI is InChI=1S/C27H22Cl2I2N5/c28-22-8-6-16(12-23(22)29)19-14-21-20-13-17(31-30)7-9-25(20)36(11-10-34-27(32)33)26(21)15-24(19)35-18-4-2-1-3-5-18/h1-9,12-15,35H,10-11H2,(H4,32,33,34)/q-1. The van der Waals surface area contributed by atoms with Crippen molar-refractivity contribution in [3.63, 3.8) is 0 Å². The van der Waals surface area contributed by atoms with Crippen molar-refractivity contribution in [2.24, 2.45) is 16.5 Å². The second kappa shape index (κ2) is 11.0. The molecule has 0 unspecified atom stereocenters. The van der Waals surface area contributed by atoms with Crippen LogP contribution in [0.3, 0.4) is 0 Å². The molecule has 0 aliphatic rings. The van der Waals surface area contributed by atoms with E-state index in [-0.39, 0.29) is 23.2 Å². The Hall–Kier alpha value is -2.21. The van der Waals surface area contributed by atoms with Gasteiger partial charge in [0.05, 0.1) is 0 Å². The van der Waals surface area contributed by atoms with Gasteiger partial charge in [-0.15, -0.1) is 0 Å². The first kappa shape index (κ1) is 25.4. The van der Waals surface area contributed by atoms with E-state index in [1.165, 1.54) is 14.3 Å². The predicted molar refractivity (Wildman–Crippen MR) is 158 cm³/mol. The molecule has 184 valence electrons. The van der Waals surface area contributed by atoms with E-state index in [4.69, 9.17) is 34.7 Å². The molecule has 36 heavy (non-hydrogen) atoms. The molecule has 5 N–H and O–H groups in total. The molecule has 1 aromatic heterocycles. The topological polar surface area (TPSA) is 81.4 Å². The third kappa shape index (κ3) is 5.25. The number of guanidine groups is 1. The number of benzene rings is 4. The van der Waals surface area contributed by atoms with Crippen molar-refractivity contribution in [3.8, 4) is 11.1 Å². The van der Waals surface area contributed by atoms with Crippen LogP contribution in [0.4, 0.5) is 11.4 Å². The van der Waals surface area contributed by atoms with Gasteiger partial charge in [-0.2, -0.15) is 0 Å². The average Bonchev–Trinajstić information content (AvgIpc) is 3.17. The number of hydrogen-bond donors (Lipinski definition) is 3. The number of para-hydroxylation sites is 1. The monoisotopic (exact) mass is 740 g/mol. The third-order valence-electron chi connectivity index (χ3n) is 5.95. The Morgan fingerprint density at radius 3 is 2.39 bits per heavy atom. The van der Waals surface area contributed by atoms with Crippen LogP contribution in [-0.2, 0) is 6.54 Å². The summed E-state index contributed by atoms with van der Waals surface area (Å²) in [6, 6.07) is 27.1. The van der Waals surface area contributed by atoms with Gasteiger partial charge in [0, 0.05) is 0 Å². The molecule has 5 aromatic rings. The Labute approximate surface area is 239 Å². The maximum atomic E-state index is 6.43. The minimum atomic E-state index is -0.0729. The molecule has 0 aliphatic heterocycles. The van der Waals surface area contributed by atoms with Gasteiger partial charge in [-0.1, -0.05) is 0 Å². The van der Waals surface area contributed by atoms with Crippen molar-refractivity contribution in [1.82, 2.24) is 4.57 Å². The van der Waals surface area contributed by atoms with Gasteiger partial charge in [0.1, 0.15) is 0 Å². The molecular weight excluding hydrogens is 719 g/mol. The molecule has 1 heterocycles. The van der Waals surface area contributed by atoms with E-state index in [0.29, 0.717) is 23.1 Å². The normalized spacial score (nSPS) is 11.3. The summed E-state index contributed by atoms with van der Waals surface area (Å²) in [7, 11) is 0. The van der Waals surface area contributed by atoms with Crippen molar-refractivity contribution < 1.29 is 17.2 Å². The van der Waals surface area contributed by atoms with Gasteiger partial charge in [0.2, 0.25) is 0 Å². The van der Waals surface area contributed by atoms with Crippen LogP contribution in [0.2, 0.25) is 10.0 Å². The fraction of sp³-hybridized carbons (Fsp3) is 0.0741. The van der Waals surface area contributed by atoms with Crippen molar-refractivity contribution in [3.05, 3.63) is 92.5 Å². The molecule has 0 bridgehead atoms. The number of hydrogen-bond acceptors (Lipinski definition) is 2. The van der Waals surface area contributed by atoms with E-state index in [0.717, 1.165) is 33.5 Å². The molecule has 0 fully saturated rings. The first-order chi connectivity index (χ1) is 17.4. The number of anilines is 2. The van der Waals surface area contributed by atoms with Crippen LogP contribution in [0, 0.1) is 3.57 Å². The average molecular weight is 741 g/mol. The zero-order chi connectivity index (χ0) is 25.2. The fourth-order valence-corrected chi connectivity index (χ4v) is 7.11. The Balaban J connectivity index is 1.78. The number of aliphatic imine (C=N–C) groups is 1. The Kier molecular flexibility index (Phi) is 7.80. The van der Waals surface area contributed by atoms with Crippen LogP contribution in [0.25, 0.3) is 32.9 Å². The van der Waals surface area contributed by atoms with Crippen molar-refractivity contribution in [2.45, 2.75) is 6.54 Å². The summed E-state index contributed by atoms with van der Waals surface area (Å²) < 4.78 is 3.68. The van der Waals surface area contributed by atoms with Gasteiger partial charge in [0.15, 0.2) is 0 Å². The zero-order valence-electron chi connectivity index (χ0n) is 19.0. The van der Waals surface area contributed by atoms with Gasteiger partial charge in [-0.3, -0.25) is 0 Å². The summed E-state index contributed by atoms with van der Waals surface area (Å²) in [5.41, 5.74) is 17.5. The number of nitrogens with one attached hydrogen (secondary N) is 1. The van der Waals surface area contributed by atoms with Crippen molar-refractivity contribution >= 4 is 81.0 Å². The van der Waals surface area contributed by atoms with Crippen LogP contribution in [0.1, 0.15) is 0 Å². The number of rotatable bonds is 7. The summed E-state index contributed by atoms with van der Waals surface area (Å²) >= 11 is 15.1. The number of nitrogens with zero attached hydrogens (tertiary/aromatic N) is 2. The van der Waals surface area contributed by atoms with Crippen molar-refractivity contribution in [2.75, 3.05) is 11.9 Å². The number of fused-ring (bicyclic) bond motifs is 3. The van der Waals surface area contributed by atoms with E-state index in [2.05, 4.69) is 63.8 Å². The number of nitrogens with two attached hydrogens (primary N) is 2.